The van der Waals surface area contributed by atoms with E-state index in [-0.39, 0.29) is 17.8 Å². The van der Waals surface area contributed by atoms with Crippen LogP contribution in [0.1, 0.15) is 35.7 Å². The van der Waals surface area contributed by atoms with Gasteiger partial charge in [0.25, 0.3) is 5.91 Å². The Labute approximate surface area is 175 Å². The van der Waals surface area contributed by atoms with Crippen LogP contribution in [-0.4, -0.2) is 43.8 Å². The van der Waals surface area contributed by atoms with Crippen LogP contribution in [0.15, 0.2) is 48.5 Å². The zero-order valence-electron chi connectivity index (χ0n) is 16.9. The molecule has 0 bridgehead atoms. The van der Waals surface area contributed by atoms with Gasteiger partial charge in [-0.3, -0.25) is 4.79 Å². The molecule has 2 aromatic rings. The van der Waals surface area contributed by atoms with Gasteiger partial charge in [-0.05, 0) is 68.1 Å². The Bertz CT molecular complexity index is 832. The molecule has 160 valence electrons. The fraction of sp³-hybridized carbons (Fsp3) is 0.391. The monoisotopic (exact) mass is 415 g/mol. The average Bonchev–Trinajstić information content (AvgIpc) is 3.27. The maximum Gasteiger partial charge on any atom is 0.338 e. The average molecular weight is 415 g/mol. The molecule has 1 aliphatic rings. The summed E-state index contributed by atoms with van der Waals surface area (Å²) in [7, 11) is 0. The lowest BCUT2D eigenvalue weighted by molar-refractivity contribution is -0.129. The van der Waals surface area contributed by atoms with E-state index in [1.807, 2.05) is 0 Å². The van der Waals surface area contributed by atoms with Gasteiger partial charge in [0.2, 0.25) is 0 Å². The number of esters is 1. The van der Waals surface area contributed by atoms with Crippen molar-refractivity contribution < 1.29 is 28.2 Å². The number of nitrogens with one attached hydrogen (secondary N) is 1. The third-order valence-electron chi connectivity index (χ3n) is 4.83. The van der Waals surface area contributed by atoms with E-state index < -0.39 is 12.1 Å². The van der Waals surface area contributed by atoms with Crippen molar-refractivity contribution in [2.24, 2.45) is 0 Å². The number of hydrogen-bond acceptors (Lipinski definition) is 5. The number of benzene rings is 2. The van der Waals surface area contributed by atoms with E-state index >= 15 is 0 Å². The number of hydrogen-bond donors (Lipinski definition) is 1. The van der Waals surface area contributed by atoms with E-state index in [1.165, 1.54) is 19.1 Å². The number of carbonyl (C=O) groups is 2. The molecule has 3 rings (SSSR count). The van der Waals surface area contributed by atoms with E-state index in [0.29, 0.717) is 30.9 Å². The van der Waals surface area contributed by atoms with Crippen molar-refractivity contribution in [3.63, 3.8) is 0 Å². The Hall–Kier alpha value is -2.93. The Balaban J connectivity index is 1.40. The summed E-state index contributed by atoms with van der Waals surface area (Å²) in [6, 6.07) is 12.7. The molecule has 1 fully saturated rings. The highest BCUT2D eigenvalue weighted by Crippen LogP contribution is 2.17. The first-order chi connectivity index (χ1) is 14.5. The second-order valence-corrected chi connectivity index (χ2v) is 7.19. The molecule has 0 saturated carbocycles. The molecule has 1 heterocycles. The third kappa shape index (κ3) is 6.56. The van der Waals surface area contributed by atoms with Crippen molar-refractivity contribution in [1.82, 2.24) is 5.32 Å². The van der Waals surface area contributed by atoms with E-state index in [4.69, 9.17) is 14.2 Å². The van der Waals surface area contributed by atoms with Crippen LogP contribution in [0.4, 0.5) is 4.39 Å². The number of halogens is 1. The second-order valence-electron chi connectivity index (χ2n) is 7.19. The molecule has 0 unspecified atom stereocenters. The molecule has 0 spiro atoms. The quantitative estimate of drug-likeness (QED) is 0.637. The van der Waals surface area contributed by atoms with Gasteiger partial charge in [-0.2, -0.15) is 0 Å². The fourth-order valence-electron chi connectivity index (χ4n) is 3.06. The highest BCUT2D eigenvalue weighted by Gasteiger charge is 2.19. The topological polar surface area (TPSA) is 73.9 Å². The maximum absolute atomic E-state index is 12.9. The molecular formula is C23H26FNO5. The summed E-state index contributed by atoms with van der Waals surface area (Å²) in [4.78, 5) is 24.4. The van der Waals surface area contributed by atoms with Crippen molar-refractivity contribution in [2.45, 2.75) is 38.4 Å². The van der Waals surface area contributed by atoms with Crippen molar-refractivity contribution >= 4 is 11.9 Å². The highest BCUT2D eigenvalue weighted by atomic mass is 19.1. The first-order valence-corrected chi connectivity index (χ1v) is 10.1. The minimum absolute atomic E-state index is 0.122. The van der Waals surface area contributed by atoms with Crippen LogP contribution >= 0.6 is 0 Å². The lowest BCUT2D eigenvalue weighted by atomic mass is 10.1. The van der Waals surface area contributed by atoms with E-state index in [1.54, 1.807) is 36.4 Å². The van der Waals surface area contributed by atoms with Crippen LogP contribution in [0.25, 0.3) is 0 Å². The Kier molecular flexibility index (Phi) is 7.79. The number of ether oxygens (including phenoxy) is 3. The summed E-state index contributed by atoms with van der Waals surface area (Å²) < 4.78 is 29.3. The standard InChI is InChI=1S/C23H26FNO5/c1-16(22(26)25-13-12-17-4-8-19(24)9-5-17)30-23(27)18-6-10-20(11-7-18)29-15-21-3-2-14-28-21/h4-11,16,21H,2-3,12-15H2,1H3,(H,25,26)/t16-,21-/m1/s1. The molecular weight excluding hydrogens is 389 g/mol. The highest BCUT2D eigenvalue weighted by molar-refractivity contribution is 5.92. The molecule has 2 aromatic carbocycles. The molecule has 0 radical (unpaired) electrons. The van der Waals surface area contributed by atoms with Gasteiger partial charge in [0.15, 0.2) is 6.10 Å². The van der Waals surface area contributed by atoms with Crippen molar-refractivity contribution in [3.8, 4) is 5.75 Å². The van der Waals surface area contributed by atoms with Gasteiger partial charge in [-0.1, -0.05) is 12.1 Å². The molecule has 30 heavy (non-hydrogen) atoms. The predicted molar refractivity (Wildman–Crippen MR) is 109 cm³/mol. The smallest absolute Gasteiger partial charge is 0.338 e. The molecule has 2 atom stereocenters. The van der Waals surface area contributed by atoms with Gasteiger partial charge in [0.1, 0.15) is 18.2 Å². The fourth-order valence-corrected chi connectivity index (χ4v) is 3.06. The number of carbonyl (C=O) groups excluding carboxylic acids is 2. The van der Waals surface area contributed by atoms with E-state index in [9.17, 15) is 14.0 Å². The summed E-state index contributed by atoms with van der Waals surface area (Å²) in [5.41, 5.74) is 1.24. The zero-order valence-corrected chi connectivity index (χ0v) is 16.9. The van der Waals surface area contributed by atoms with Gasteiger partial charge < -0.3 is 19.5 Å². The first kappa shape index (κ1) is 21.8. The minimum atomic E-state index is -0.929. The number of amides is 1. The summed E-state index contributed by atoms with van der Waals surface area (Å²) >= 11 is 0. The van der Waals surface area contributed by atoms with Crippen LogP contribution in [-0.2, 0) is 20.7 Å². The second kappa shape index (κ2) is 10.7. The molecule has 1 saturated heterocycles. The summed E-state index contributed by atoms with van der Waals surface area (Å²) in [6.45, 7) is 3.14. The van der Waals surface area contributed by atoms with Gasteiger partial charge in [0, 0.05) is 13.2 Å². The normalized spacial score (nSPS) is 16.7. The lowest BCUT2D eigenvalue weighted by Crippen LogP contribution is -2.36. The van der Waals surface area contributed by atoms with Crippen LogP contribution in [0.5, 0.6) is 5.75 Å². The molecule has 6 nitrogen and oxygen atoms in total. The van der Waals surface area contributed by atoms with Gasteiger partial charge >= 0.3 is 5.97 Å². The molecule has 7 heteroatoms. The Morgan fingerprint density at radius 2 is 1.90 bits per heavy atom. The molecule has 0 aromatic heterocycles. The van der Waals surface area contributed by atoms with Crippen molar-refractivity contribution in [3.05, 3.63) is 65.5 Å². The van der Waals surface area contributed by atoms with Crippen LogP contribution in [0.2, 0.25) is 0 Å². The zero-order chi connectivity index (χ0) is 21.3. The number of rotatable bonds is 9. The third-order valence-corrected chi connectivity index (χ3v) is 4.83. The summed E-state index contributed by atoms with van der Waals surface area (Å²) in [5, 5.41) is 2.71. The van der Waals surface area contributed by atoms with Gasteiger partial charge in [0.05, 0.1) is 11.7 Å². The maximum atomic E-state index is 12.9. The van der Waals surface area contributed by atoms with Gasteiger partial charge in [-0.15, -0.1) is 0 Å². The SMILES string of the molecule is C[C@@H](OC(=O)c1ccc(OC[C@H]2CCCO2)cc1)C(=O)NCCc1ccc(F)cc1. The molecule has 1 amide bonds. The van der Waals surface area contributed by atoms with Crippen LogP contribution in [0.3, 0.4) is 0 Å². The van der Waals surface area contributed by atoms with Crippen molar-refractivity contribution in [2.75, 3.05) is 19.8 Å². The van der Waals surface area contributed by atoms with Crippen LogP contribution < -0.4 is 10.1 Å². The Morgan fingerprint density at radius 1 is 1.17 bits per heavy atom. The molecule has 1 N–H and O–H groups in total. The van der Waals surface area contributed by atoms with E-state index in [2.05, 4.69) is 5.32 Å². The lowest BCUT2D eigenvalue weighted by Gasteiger charge is -2.14. The van der Waals surface area contributed by atoms with Crippen molar-refractivity contribution in [1.29, 1.82) is 0 Å². The largest absolute Gasteiger partial charge is 0.491 e. The Morgan fingerprint density at radius 3 is 2.57 bits per heavy atom. The molecule has 1 aliphatic heterocycles. The summed E-state index contributed by atoms with van der Waals surface area (Å²) in [5.74, 6) is -0.622. The predicted octanol–water partition coefficient (Wildman–Crippen LogP) is 3.29. The molecule has 0 aliphatic carbocycles. The van der Waals surface area contributed by atoms with E-state index in [0.717, 1.165) is 25.0 Å². The first-order valence-electron chi connectivity index (χ1n) is 10.1. The summed E-state index contributed by atoms with van der Waals surface area (Å²) in [6.07, 6.45) is 1.80. The minimum Gasteiger partial charge on any atom is -0.491 e. The van der Waals surface area contributed by atoms with Crippen LogP contribution in [0, 0.1) is 5.82 Å². The van der Waals surface area contributed by atoms with Gasteiger partial charge in [-0.25, -0.2) is 9.18 Å².